The highest BCUT2D eigenvalue weighted by Crippen LogP contribution is 2.30. The number of rotatable bonds is 5. The fourth-order valence-corrected chi connectivity index (χ4v) is 2.96. The Morgan fingerprint density at radius 3 is 2.44 bits per heavy atom. The van der Waals surface area contributed by atoms with Gasteiger partial charge in [0.05, 0.1) is 12.2 Å². The van der Waals surface area contributed by atoms with E-state index in [4.69, 9.17) is 4.84 Å². The number of halogens is 3. The fourth-order valence-electron chi connectivity index (χ4n) is 2.96. The van der Waals surface area contributed by atoms with Crippen LogP contribution in [0.5, 0.6) is 0 Å². The Kier molecular flexibility index (Phi) is 5.95. The number of carbonyl (C=O) groups excluding carboxylic acids is 1. The molecule has 0 unspecified atom stereocenters. The number of hydrogen-bond donors (Lipinski definition) is 1. The maximum atomic E-state index is 12.6. The lowest BCUT2D eigenvalue weighted by atomic mass is 9.96. The van der Waals surface area contributed by atoms with Crippen molar-refractivity contribution in [2.45, 2.75) is 25.6 Å². The van der Waals surface area contributed by atoms with E-state index < -0.39 is 11.7 Å². The molecule has 1 aliphatic heterocycles. The van der Waals surface area contributed by atoms with Crippen LogP contribution in [0.3, 0.4) is 0 Å². The minimum absolute atomic E-state index is 0.175. The van der Waals surface area contributed by atoms with E-state index in [1.807, 2.05) is 35.2 Å². The minimum Gasteiger partial charge on any atom is -0.357 e. The third-order valence-electron chi connectivity index (χ3n) is 4.52. The lowest BCUT2D eigenvalue weighted by molar-refractivity contribution is -0.139. The molecule has 1 saturated heterocycles. The molecule has 8 heteroatoms. The quantitative estimate of drug-likeness (QED) is 0.807. The Balaban J connectivity index is 1.45. The van der Waals surface area contributed by atoms with Crippen LogP contribution >= 0.6 is 0 Å². The highest BCUT2D eigenvalue weighted by molar-refractivity contribution is 5.77. The van der Waals surface area contributed by atoms with Crippen LogP contribution in [-0.2, 0) is 22.4 Å². The summed E-state index contributed by atoms with van der Waals surface area (Å²) in [6.07, 6.45) is -2.38. The molecule has 27 heavy (non-hydrogen) atoms. The van der Waals surface area contributed by atoms with Gasteiger partial charge in [-0.1, -0.05) is 30.3 Å². The number of hydrogen-bond acceptors (Lipinski definition) is 4. The largest absolute Gasteiger partial charge is 0.417 e. The van der Waals surface area contributed by atoms with Crippen molar-refractivity contribution < 1.29 is 22.8 Å². The second kappa shape index (κ2) is 8.39. The summed E-state index contributed by atoms with van der Waals surface area (Å²) in [6, 6.07) is 11.9. The van der Waals surface area contributed by atoms with Crippen LogP contribution < -0.4 is 10.4 Å². The molecule has 0 bridgehead atoms. The predicted octanol–water partition coefficient (Wildman–Crippen LogP) is 3.56. The SMILES string of the molecule is O=C(NOCc1ccccc1)C1CCN(c2ccc(C(F)(F)F)cn2)CC1. The summed E-state index contributed by atoms with van der Waals surface area (Å²) < 4.78 is 37.8. The lowest BCUT2D eigenvalue weighted by Crippen LogP contribution is -2.40. The number of piperidine rings is 1. The number of alkyl halides is 3. The smallest absolute Gasteiger partial charge is 0.357 e. The van der Waals surface area contributed by atoms with E-state index >= 15 is 0 Å². The number of pyridine rings is 1. The second-order valence-corrected chi connectivity index (χ2v) is 6.40. The summed E-state index contributed by atoms with van der Waals surface area (Å²) in [6.45, 7) is 1.39. The van der Waals surface area contributed by atoms with Gasteiger partial charge in [0.1, 0.15) is 5.82 Å². The zero-order valence-electron chi connectivity index (χ0n) is 14.6. The topological polar surface area (TPSA) is 54.5 Å². The van der Waals surface area contributed by atoms with Crippen LogP contribution in [0.15, 0.2) is 48.7 Å². The second-order valence-electron chi connectivity index (χ2n) is 6.40. The number of aromatic nitrogens is 1. The molecule has 2 heterocycles. The fraction of sp³-hybridized carbons (Fsp3) is 0.368. The molecule has 0 saturated carbocycles. The van der Waals surface area contributed by atoms with Crippen molar-refractivity contribution in [1.82, 2.24) is 10.5 Å². The molecule has 1 aromatic carbocycles. The molecule has 0 aliphatic carbocycles. The Bertz CT molecular complexity index is 743. The first-order chi connectivity index (χ1) is 12.9. The number of nitrogens with zero attached hydrogens (tertiary/aromatic N) is 2. The van der Waals surface area contributed by atoms with Crippen LogP contribution in [0.25, 0.3) is 0 Å². The number of hydroxylamine groups is 1. The molecule has 1 aromatic heterocycles. The van der Waals surface area contributed by atoms with Gasteiger partial charge in [0, 0.05) is 25.2 Å². The number of anilines is 1. The van der Waals surface area contributed by atoms with Crippen molar-refractivity contribution in [3.05, 3.63) is 59.8 Å². The first kappa shape index (κ1) is 19.2. The van der Waals surface area contributed by atoms with E-state index in [2.05, 4.69) is 10.5 Å². The van der Waals surface area contributed by atoms with E-state index in [0.717, 1.165) is 17.8 Å². The monoisotopic (exact) mass is 379 g/mol. The van der Waals surface area contributed by atoms with Crippen LogP contribution in [0.2, 0.25) is 0 Å². The number of carbonyl (C=O) groups is 1. The number of amides is 1. The highest BCUT2D eigenvalue weighted by atomic mass is 19.4. The van der Waals surface area contributed by atoms with Gasteiger partial charge in [-0.2, -0.15) is 13.2 Å². The van der Waals surface area contributed by atoms with Gasteiger partial charge in [0.2, 0.25) is 5.91 Å². The molecule has 144 valence electrons. The van der Waals surface area contributed by atoms with E-state index in [9.17, 15) is 18.0 Å². The average Bonchev–Trinajstić information content (AvgIpc) is 2.68. The maximum Gasteiger partial charge on any atom is 0.417 e. The van der Waals surface area contributed by atoms with E-state index in [1.165, 1.54) is 6.07 Å². The molecule has 1 N–H and O–H groups in total. The van der Waals surface area contributed by atoms with E-state index in [-0.39, 0.29) is 11.8 Å². The maximum absolute atomic E-state index is 12.6. The third-order valence-corrected chi connectivity index (χ3v) is 4.52. The molecule has 5 nitrogen and oxygen atoms in total. The predicted molar refractivity (Wildman–Crippen MR) is 93.5 cm³/mol. The van der Waals surface area contributed by atoms with Gasteiger partial charge in [-0.15, -0.1) is 0 Å². The Morgan fingerprint density at radius 2 is 1.85 bits per heavy atom. The molecule has 0 radical (unpaired) electrons. The summed E-state index contributed by atoms with van der Waals surface area (Å²) in [5.74, 6) is 0.125. The normalized spacial score (nSPS) is 15.6. The van der Waals surface area contributed by atoms with Crippen molar-refractivity contribution in [1.29, 1.82) is 0 Å². The van der Waals surface area contributed by atoms with Gasteiger partial charge in [-0.3, -0.25) is 9.63 Å². The van der Waals surface area contributed by atoms with E-state index in [0.29, 0.717) is 38.4 Å². The molecule has 2 aromatic rings. The summed E-state index contributed by atoms with van der Waals surface area (Å²) in [7, 11) is 0. The molecular weight excluding hydrogens is 359 g/mol. The third kappa shape index (κ3) is 5.19. The molecule has 3 rings (SSSR count). The number of benzene rings is 1. The van der Waals surface area contributed by atoms with Crippen LogP contribution in [0.4, 0.5) is 19.0 Å². The minimum atomic E-state index is -4.39. The van der Waals surface area contributed by atoms with Gasteiger partial charge in [0.15, 0.2) is 0 Å². The van der Waals surface area contributed by atoms with Gasteiger partial charge >= 0.3 is 6.18 Å². The molecular formula is C19H20F3N3O2. The van der Waals surface area contributed by atoms with Crippen molar-refractivity contribution in [3.8, 4) is 0 Å². The Morgan fingerprint density at radius 1 is 1.15 bits per heavy atom. The van der Waals surface area contributed by atoms with Crippen molar-refractivity contribution in [2.24, 2.45) is 5.92 Å². The van der Waals surface area contributed by atoms with Gasteiger partial charge in [-0.25, -0.2) is 10.5 Å². The molecule has 0 spiro atoms. The van der Waals surface area contributed by atoms with Crippen LogP contribution in [0, 0.1) is 5.92 Å². The van der Waals surface area contributed by atoms with Gasteiger partial charge < -0.3 is 4.90 Å². The average molecular weight is 379 g/mol. The standard InChI is InChI=1S/C19H20F3N3O2/c20-19(21,22)16-6-7-17(23-12-16)25-10-8-15(9-11-25)18(26)24-27-13-14-4-2-1-3-5-14/h1-7,12,15H,8-11,13H2,(H,24,26). The molecule has 0 atom stereocenters. The molecule has 1 aliphatic rings. The zero-order valence-corrected chi connectivity index (χ0v) is 14.6. The van der Waals surface area contributed by atoms with Gasteiger partial charge in [-0.05, 0) is 30.5 Å². The van der Waals surface area contributed by atoms with Crippen molar-refractivity contribution in [3.63, 3.8) is 0 Å². The first-order valence-corrected chi connectivity index (χ1v) is 8.67. The summed E-state index contributed by atoms with van der Waals surface area (Å²) in [5, 5.41) is 0. The van der Waals surface area contributed by atoms with Crippen molar-refractivity contribution >= 4 is 11.7 Å². The van der Waals surface area contributed by atoms with Gasteiger partial charge in [0.25, 0.3) is 0 Å². The van der Waals surface area contributed by atoms with Crippen molar-refractivity contribution in [2.75, 3.05) is 18.0 Å². The summed E-state index contributed by atoms with van der Waals surface area (Å²) >= 11 is 0. The van der Waals surface area contributed by atoms with E-state index in [1.54, 1.807) is 0 Å². The Labute approximate surface area is 155 Å². The highest BCUT2D eigenvalue weighted by Gasteiger charge is 2.31. The summed E-state index contributed by atoms with van der Waals surface area (Å²) in [4.78, 5) is 23.2. The number of nitrogens with one attached hydrogen (secondary N) is 1. The molecule has 1 amide bonds. The summed E-state index contributed by atoms with van der Waals surface area (Å²) in [5.41, 5.74) is 2.67. The van der Waals surface area contributed by atoms with Crippen LogP contribution in [0.1, 0.15) is 24.0 Å². The zero-order chi connectivity index (χ0) is 19.3. The lowest BCUT2D eigenvalue weighted by Gasteiger charge is -2.32. The Hall–Kier alpha value is -2.61. The first-order valence-electron chi connectivity index (χ1n) is 8.67. The van der Waals surface area contributed by atoms with Crippen LogP contribution in [-0.4, -0.2) is 24.0 Å². The molecule has 1 fully saturated rings.